The van der Waals surface area contributed by atoms with Crippen molar-refractivity contribution in [2.75, 3.05) is 42.6 Å². The first-order valence-corrected chi connectivity index (χ1v) is 10.8. The van der Waals surface area contributed by atoms with Crippen molar-refractivity contribution in [2.24, 2.45) is 0 Å². The lowest BCUT2D eigenvalue weighted by atomic mass is 10.1. The molecule has 2 aromatic rings. The van der Waals surface area contributed by atoms with E-state index in [0.29, 0.717) is 35.4 Å². The molecule has 0 aliphatic carbocycles. The van der Waals surface area contributed by atoms with Gasteiger partial charge in [-0.25, -0.2) is 4.90 Å². The van der Waals surface area contributed by atoms with Gasteiger partial charge in [0.2, 0.25) is 5.91 Å². The molecular formula is C22H23Cl2N3O3. The minimum Gasteiger partial charge on any atom is -0.494 e. The van der Waals surface area contributed by atoms with E-state index in [2.05, 4.69) is 9.80 Å². The summed E-state index contributed by atoms with van der Waals surface area (Å²) in [5.41, 5.74) is 1.60. The number of halogens is 2. The van der Waals surface area contributed by atoms with Crippen molar-refractivity contribution in [1.29, 1.82) is 0 Å². The molecule has 0 aromatic heterocycles. The van der Waals surface area contributed by atoms with Crippen LogP contribution >= 0.6 is 23.2 Å². The number of rotatable bonds is 5. The monoisotopic (exact) mass is 447 g/mol. The van der Waals surface area contributed by atoms with Gasteiger partial charge in [0, 0.05) is 31.9 Å². The molecule has 0 spiro atoms. The van der Waals surface area contributed by atoms with Gasteiger partial charge in [-0.1, -0.05) is 23.2 Å². The third-order valence-electron chi connectivity index (χ3n) is 5.55. The fourth-order valence-corrected chi connectivity index (χ4v) is 4.30. The summed E-state index contributed by atoms with van der Waals surface area (Å²) >= 11 is 12.1. The number of anilines is 2. The summed E-state index contributed by atoms with van der Waals surface area (Å²) in [6, 6.07) is 12.3. The van der Waals surface area contributed by atoms with Crippen LogP contribution in [-0.4, -0.2) is 55.5 Å². The van der Waals surface area contributed by atoms with Gasteiger partial charge in [0.1, 0.15) is 5.75 Å². The van der Waals surface area contributed by atoms with Crippen LogP contribution in [0.5, 0.6) is 5.75 Å². The molecule has 0 unspecified atom stereocenters. The summed E-state index contributed by atoms with van der Waals surface area (Å²) in [6.07, 6.45) is 0.207. The third-order valence-corrected chi connectivity index (χ3v) is 6.29. The molecule has 4 rings (SSSR count). The van der Waals surface area contributed by atoms with Crippen LogP contribution in [0, 0.1) is 0 Å². The van der Waals surface area contributed by atoms with Gasteiger partial charge < -0.3 is 9.64 Å². The summed E-state index contributed by atoms with van der Waals surface area (Å²) < 4.78 is 5.44. The first-order valence-electron chi connectivity index (χ1n) is 10.0. The Balaban J connectivity index is 1.41. The first kappa shape index (κ1) is 21.0. The van der Waals surface area contributed by atoms with Crippen LogP contribution in [0.15, 0.2) is 42.5 Å². The van der Waals surface area contributed by atoms with Gasteiger partial charge in [0.05, 0.1) is 34.8 Å². The summed E-state index contributed by atoms with van der Waals surface area (Å²) in [5.74, 6) is 0.392. The molecule has 0 bridgehead atoms. The maximum atomic E-state index is 13.0. The lowest BCUT2D eigenvalue weighted by Crippen LogP contribution is -2.52. The van der Waals surface area contributed by atoms with Crippen LogP contribution in [0.3, 0.4) is 0 Å². The van der Waals surface area contributed by atoms with Crippen molar-refractivity contribution in [1.82, 2.24) is 4.90 Å². The van der Waals surface area contributed by atoms with Gasteiger partial charge in [0.25, 0.3) is 5.91 Å². The second-order valence-corrected chi connectivity index (χ2v) is 8.15. The standard InChI is InChI=1S/C22H23Cl2N3O3/c1-2-30-17-6-3-15(4-7-17)27-21(28)14-20(22(27)29)26-11-9-25(10-12-26)16-5-8-18(23)19(24)13-16/h3-8,13,20H,2,9-12,14H2,1H3/t20-/m1/s1. The summed E-state index contributed by atoms with van der Waals surface area (Å²) in [5, 5.41) is 1.06. The highest BCUT2D eigenvalue weighted by molar-refractivity contribution is 6.42. The second-order valence-electron chi connectivity index (χ2n) is 7.34. The molecule has 2 fully saturated rings. The van der Waals surface area contributed by atoms with E-state index in [9.17, 15) is 9.59 Å². The van der Waals surface area contributed by atoms with Gasteiger partial charge in [-0.05, 0) is 49.4 Å². The normalized spacial score (nSPS) is 20.2. The van der Waals surface area contributed by atoms with E-state index in [-0.39, 0.29) is 18.2 Å². The second kappa shape index (κ2) is 8.84. The SMILES string of the molecule is CCOc1ccc(N2C(=O)C[C@@H](N3CCN(c4ccc(Cl)c(Cl)c4)CC3)C2=O)cc1. The van der Waals surface area contributed by atoms with Crippen molar-refractivity contribution in [2.45, 2.75) is 19.4 Å². The number of piperazine rings is 1. The molecule has 6 nitrogen and oxygen atoms in total. The Morgan fingerprint density at radius 2 is 1.60 bits per heavy atom. The Labute approximate surface area is 185 Å². The molecule has 2 aromatic carbocycles. The van der Waals surface area contributed by atoms with E-state index in [4.69, 9.17) is 27.9 Å². The first-order chi connectivity index (χ1) is 14.5. The van der Waals surface area contributed by atoms with Crippen LogP contribution in [0.4, 0.5) is 11.4 Å². The molecule has 8 heteroatoms. The topological polar surface area (TPSA) is 53.1 Å². The van der Waals surface area contributed by atoms with E-state index in [0.717, 1.165) is 24.5 Å². The average Bonchev–Trinajstić information content (AvgIpc) is 3.05. The fourth-order valence-electron chi connectivity index (χ4n) is 4.00. The van der Waals surface area contributed by atoms with E-state index >= 15 is 0 Å². The Morgan fingerprint density at radius 1 is 0.933 bits per heavy atom. The number of nitrogens with zero attached hydrogens (tertiary/aromatic N) is 3. The maximum absolute atomic E-state index is 13.0. The Kier molecular flexibility index (Phi) is 6.18. The van der Waals surface area contributed by atoms with Gasteiger partial charge in [-0.2, -0.15) is 0 Å². The number of hydrogen-bond acceptors (Lipinski definition) is 5. The van der Waals surface area contributed by atoms with Gasteiger partial charge in [-0.3, -0.25) is 14.5 Å². The summed E-state index contributed by atoms with van der Waals surface area (Å²) in [4.78, 5) is 31.3. The van der Waals surface area contributed by atoms with Crippen molar-refractivity contribution >= 4 is 46.4 Å². The Hall–Kier alpha value is -2.28. The number of hydrogen-bond donors (Lipinski definition) is 0. The predicted molar refractivity (Wildman–Crippen MR) is 119 cm³/mol. The van der Waals surface area contributed by atoms with Gasteiger partial charge in [-0.15, -0.1) is 0 Å². The highest BCUT2D eigenvalue weighted by Gasteiger charge is 2.43. The molecule has 0 saturated carbocycles. The fraction of sp³-hybridized carbons (Fsp3) is 0.364. The zero-order valence-corrected chi connectivity index (χ0v) is 18.2. The van der Waals surface area contributed by atoms with Crippen LogP contribution in [0.1, 0.15) is 13.3 Å². The summed E-state index contributed by atoms with van der Waals surface area (Å²) in [7, 11) is 0. The third kappa shape index (κ3) is 4.13. The van der Waals surface area contributed by atoms with Crippen molar-refractivity contribution in [3.8, 4) is 5.75 Å². The smallest absolute Gasteiger partial charge is 0.251 e. The van der Waals surface area contributed by atoms with Gasteiger partial charge in [0.15, 0.2) is 0 Å². The Morgan fingerprint density at radius 3 is 2.23 bits per heavy atom. The van der Waals surface area contributed by atoms with E-state index < -0.39 is 6.04 Å². The van der Waals surface area contributed by atoms with E-state index in [1.54, 1.807) is 30.3 Å². The van der Waals surface area contributed by atoms with Crippen molar-refractivity contribution in [3.05, 3.63) is 52.5 Å². The molecule has 0 radical (unpaired) electrons. The molecule has 2 amide bonds. The lowest BCUT2D eigenvalue weighted by Gasteiger charge is -2.38. The molecular weight excluding hydrogens is 425 g/mol. The molecule has 30 heavy (non-hydrogen) atoms. The van der Waals surface area contributed by atoms with Crippen molar-refractivity contribution in [3.63, 3.8) is 0 Å². The predicted octanol–water partition coefficient (Wildman–Crippen LogP) is 3.85. The van der Waals surface area contributed by atoms with Gasteiger partial charge >= 0.3 is 0 Å². The largest absolute Gasteiger partial charge is 0.494 e. The van der Waals surface area contributed by atoms with Crippen LogP contribution < -0.4 is 14.5 Å². The highest BCUT2D eigenvalue weighted by atomic mass is 35.5. The molecule has 2 saturated heterocycles. The van der Waals surface area contributed by atoms with Crippen LogP contribution in [-0.2, 0) is 9.59 Å². The minimum atomic E-state index is -0.417. The lowest BCUT2D eigenvalue weighted by molar-refractivity contribution is -0.123. The highest BCUT2D eigenvalue weighted by Crippen LogP contribution is 2.30. The molecule has 2 aliphatic rings. The number of ether oxygens (including phenoxy) is 1. The number of carbonyl (C=O) groups is 2. The van der Waals surface area contributed by atoms with Crippen molar-refractivity contribution < 1.29 is 14.3 Å². The average molecular weight is 448 g/mol. The number of amides is 2. The molecule has 2 aliphatic heterocycles. The molecule has 158 valence electrons. The van der Waals surface area contributed by atoms with E-state index in [1.165, 1.54) is 4.90 Å². The maximum Gasteiger partial charge on any atom is 0.251 e. The zero-order valence-electron chi connectivity index (χ0n) is 16.7. The molecule has 1 atom stereocenters. The number of carbonyl (C=O) groups excluding carboxylic acids is 2. The van der Waals surface area contributed by atoms with Crippen LogP contribution in [0.2, 0.25) is 10.0 Å². The number of benzene rings is 2. The van der Waals surface area contributed by atoms with E-state index in [1.807, 2.05) is 19.1 Å². The molecule has 2 heterocycles. The van der Waals surface area contributed by atoms with Crippen LogP contribution in [0.25, 0.3) is 0 Å². The summed E-state index contributed by atoms with van der Waals surface area (Å²) in [6.45, 7) is 5.37. The Bertz CT molecular complexity index is 943. The quantitative estimate of drug-likeness (QED) is 0.651. The minimum absolute atomic E-state index is 0.160. The zero-order chi connectivity index (χ0) is 21.3. The molecule has 0 N–H and O–H groups in total. The number of imide groups is 1.